The molecule has 27 heavy (non-hydrogen) atoms. The fourth-order valence-electron chi connectivity index (χ4n) is 2.26. The molecular formula is C17H15ClF3NO4S. The van der Waals surface area contributed by atoms with Gasteiger partial charge in [0.1, 0.15) is 6.61 Å². The lowest BCUT2D eigenvalue weighted by Gasteiger charge is -2.19. The highest BCUT2D eigenvalue weighted by atomic mass is 35.7. The Kier molecular flexibility index (Phi) is 6.72. The monoisotopic (exact) mass is 421 g/mol. The molecule has 146 valence electrons. The number of hydrogen-bond acceptors (Lipinski definition) is 4. The van der Waals surface area contributed by atoms with Gasteiger partial charge in [-0.25, -0.2) is 13.2 Å². The first kappa shape index (κ1) is 21.0. The van der Waals surface area contributed by atoms with Crippen LogP contribution in [-0.4, -0.2) is 20.3 Å². The van der Waals surface area contributed by atoms with Gasteiger partial charge in [-0.2, -0.15) is 13.2 Å². The van der Waals surface area contributed by atoms with E-state index in [1.807, 2.05) is 0 Å². The number of ether oxygens (including phenoxy) is 1. The van der Waals surface area contributed by atoms with Crippen molar-refractivity contribution in [2.24, 2.45) is 0 Å². The average Bonchev–Trinajstić information content (AvgIpc) is 2.58. The van der Waals surface area contributed by atoms with E-state index in [2.05, 4.69) is 5.32 Å². The summed E-state index contributed by atoms with van der Waals surface area (Å²) in [5.74, 6) is -0.795. The molecule has 0 aliphatic carbocycles. The van der Waals surface area contributed by atoms with Crippen molar-refractivity contribution in [3.05, 3.63) is 71.3 Å². The zero-order chi connectivity index (χ0) is 20.1. The molecule has 0 saturated heterocycles. The summed E-state index contributed by atoms with van der Waals surface area (Å²) in [7, 11) is 1.11. The van der Waals surface area contributed by atoms with Crippen molar-refractivity contribution in [1.29, 1.82) is 0 Å². The molecule has 1 unspecified atom stereocenters. The smallest absolute Gasteiger partial charge is 0.416 e. The van der Waals surface area contributed by atoms with Crippen LogP contribution in [0, 0.1) is 0 Å². The minimum atomic E-state index is -4.62. The van der Waals surface area contributed by atoms with Crippen LogP contribution in [0.5, 0.6) is 0 Å². The van der Waals surface area contributed by atoms with Crippen LogP contribution >= 0.6 is 10.7 Å². The Morgan fingerprint density at radius 3 is 2.37 bits per heavy atom. The van der Waals surface area contributed by atoms with E-state index in [1.165, 1.54) is 6.07 Å². The molecule has 1 N–H and O–H groups in total. The third kappa shape index (κ3) is 7.10. The van der Waals surface area contributed by atoms with Gasteiger partial charge in [-0.15, -0.1) is 0 Å². The van der Waals surface area contributed by atoms with E-state index in [9.17, 15) is 26.4 Å². The Morgan fingerprint density at radius 1 is 1.11 bits per heavy atom. The van der Waals surface area contributed by atoms with Gasteiger partial charge in [-0.3, -0.25) is 0 Å². The Hall–Kier alpha value is -2.26. The van der Waals surface area contributed by atoms with Crippen LogP contribution in [0.1, 0.15) is 22.7 Å². The van der Waals surface area contributed by atoms with E-state index >= 15 is 0 Å². The maximum Gasteiger partial charge on any atom is 0.416 e. The van der Waals surface area contributed by atoms with Gasteiger partial charge < -0.3 is 10.1 Å². The van der Waals surface area contributed by atoms with E-state index in [-0.39, 0.29) is 12.2 Å². The molecule has 5 nitrogen and oxygen atoms in total. The van der Waals surface area contributed by atoms with Gasteiger partial charge >= 0.3 is 12.3 Å². The molecule has 0 aliphatic heterocycles. The molecule has 2 aromatic carbocycles. The van der Waals surface area contributed by atoms with Crippen molar-refractivity contribution in [3.8, 4) is 0 Å². The van der Waals surface area contributed by atoms with Crippen LogP contribution in [0.25, 0.3) is 0 Å². The third-order valence-electron chi connectivity index (χ3n) is 3.49. The van der Waals surface area contributed by atoms with E-state index in [1.54, 1.807) is 30.3 Å². The number of rotatable bonds is 6. The Bertz CT molecular complexity index is 889. The number of amides is 1. The molecule has 0 radical (unpaired) electrons. The van der Waals surface area contributed by atoms with Crippen molar-refractivity contribution in [1.82, 2.24) is 5.32 Å². The number of alkyl halides is 3. The molecule has 0 bridgehead atoms. The molecule has 1 atom stereocenters. The number of hydrogen-bond donors (Lipinski definition) is 1. The Morgan fingerprint density at radius 2 is 1.78 bits per heavy atom. The summed E-state index contributed by atoms with van der Waals surface area (Å²) in [4.78, 5) is 12.0. The van der Waals surface area contributed by atoms with Crippen LogP contribution in [0.3, 0.4) is 0 Å². The number of halogens is 4. The molecule has 2 rings (SSSR count). The summed E-state index contributed by atoms with van der Waals surface area (Å²) in [6.45, 7) is -0.0877. The van der Waals surface area contributed by atoms with E-state index < -0.39 is 38.7 Å². The summed E-state index contributed by atoms with van der Waals surface area (Å²) >= 11 is 0. The van der Waals surface area contributed by atoms with Gasteiger partial charge in [-0.1, -0.05) is 42.5 Å². The molecule has 0 spiro atoms. The normalized spacial score (nSPS) is 13.0. The van der Waals surface area contributed by atoms with Crippen molar-refractivity contribution >= 4 is 25.8 Å². The maximum atomic E-state index is 12.9. The number of carbonyl (C=O) groups excluding carboxylic acids is 1. The molecule has 0 saturated carbocycles. The minimum Gasteiger partial charge on any atom is -0.445 e. The topological polar surface area (TPSA) is 72.5 Å². The Labute approximate surface area is 158 Å². The second kappa shape index (κ2) is 8.62. The number of alkyl carbamates (subject to hydrolysis) is 1. The first-order valence-corrected chi connectivity index (χ1v) is 10.1. The minimum absolute atomic E-state index is 0.0642. The van der Waals surface area contributed by atoms with Crippen LogP contribution in [0.2, 0.25) is 0 Å². The van der Waals surface area contributed by atoms with Gasteiger partial charge in [0.05, 0.1) is 17.4 Å². The number of carbonyl (C=O) groups is 1. The van der Waals surface area contributed by atoms with Crippen molar-refractivity contribution in [2.75, 3.05) is 5.75 Å². The lowest BCUT2D eigenvalue weighted by atomic mass is 10.0. The summed E-state index contributed by atoms with van der Waals surface area (Å²) in [5.41, 5.74) is -0.352. The fraction of sp³-hybridized carbons (Fsp3) is 0.235. The van der Waals surface area contributed by atoms with Gasteiger partial charge in [0.25, 0.3) is 0 Å². The largest absolute Gasteiger partial charge is 0.445 e. The van der Waals surface area contributed by atoms with Crippen LogP contribution in [-0.2, 0) is 26.6 Å². The third-order valence-corrected chi connectivity index (χ3v) is 4.60. The van der Waals surface area contributed by atoms with Crippen molar-refractivity contribution < 1.29 is 31.1 Å². The molecule has 0 aromatic heterocycles. The van der Waals surface area contributed by atoms with Gasteiger partial charge in [0.2, 0.25) is 9.05 Å². The van der Waals surface area contributed by atoms with E-state index in [4.69, 9.17) is 15.4 Å². The SMILES string of the molecule is O=C(NC(CS(=O)(=O)Cl)c1cccc(C(F)(F)F)c1)OCc1ccccc1. The number of benzene rings is 2. The zero-order valence-electron chi connectivity index (χ0n) is 13.7. The molecule has 0 fully saturated rings. The quantitative estimate of drug-likeness (QED) is 0.708. The summed E-state index contributed by atoms with van der Waals surface area (Å²) < 4.78 is 66.5. The number of nitrogens with one attached hydrogen (secondary N) is 1. The van der Waals surface area contributed by atoms with Gasteiger partial charge in [-0.05, 0) is 23.3 Å². The predicted molar refractivity (Wildman–Crippen MR) is 93.6 cm³/mol. The van der Waals surface area contributed by atoms with E-state index in [0.29, 0.717) is 5.56 Å². The summed E-state index contributed by atoms with van der Waals surface area (Å²) in [6, 6.07) is 11.3. The van der Waals surface area contributed by atoms with Crippen LogP contribution in [0.4, 0.5) is 18.0 Å². The molecule has 10 heteroatoms. The van der Waals surface area contributed by atoms with Gasteiger partial charge in [0.15, 0.2) is 0 Å². The average molecular weight is 422 g/mol. The first-order chi connectivity index (χ1) is 12.5. The zero-order valence-corrected chi connectivity index (χ0v) is 15.3. The lowest BCUT2D eigenvalue weighted by molar-refractivity contribution is -0.137. The second-order valence-corrected chi connectivity index (χ2v) is 8.41. The first-order valence-electron chi connectivity index (χ1n) is 7.61. The van der Waals surface area contributed by atoms with Crippen LogP contribution in [0.15, 0.2) is 54.6 Å². The highest BCUT2D eigenvalue weighted by molar-refractivity contribution is 8.13. The van der Waals surface area contributed by atoms with Gasteiger partial charge in [0, 0.05) is 10.7 Å². The Balaban J connectivity index is 2.16. The van der Waals surface area contributed by atoms with Crippen molar-refractivity contribution in [2.45, 2.75) is 18.8 Å². The molecule has 1 amide bonds. The predicted octanol–water partition coefficient (Wildman–Crippen LogP) is 4.24. The highest BCUT2D eigenvalue weighted by Gasteiger charge is 2.31. The lowest BCUT2D eigenvalue weighted by Crippen LogP contribution is -2.33. The summed E-state index contributed by atoms with van der Waals surface area (Å²) in [6.07, 6.45) is -5.60. The molecular weight excluding hydrogens is 407 g/mol. The van der Waals surface area contributed by atoms with Crippen LogP contribution < -0.4 is 5.32 Å². The van der Waals surface area contributed by atoms with Crippen molar-refractivity contribution in [3.63, 3.8) is 0 Å². The molecule has 2 aromatic rings. The molecule has 0 heterocycles. The highest BCUT2D eigenvalue weighted by Crippen LogP contribution is 2.31. The second-order valence-electron chi connectivity index (χ2n) is 5.59. The molecule has 0 aliphatic rings. The maximum absolute atomic E-state index is 12.9. The standard InChI is InChI=1S/C17H15ClF3NO4S/c18-27(24,25)11-15(13-7-4-8-14(9-13)17(19,20)21)22-16(23)26-10-12-5-2-1-3-6-12/h1-9,15H,10-11H2,(H,22,23). The van der Waals surface area contributed by atoms with E-state index in [0.717, 1.165) is 18.2 Å². The summed E-state index contributed by atoms with van der Waals surface area (Å²) in [5, 5.41) is 2.25. The fourth-order valence-corrected chi connectivity index (χ4v) is 3.31.